The summed E-state index contributed by atoms with van der Waals surface area (Å²) in [7, 11) is 0. The third-order valence-corrected chi connectivity index (χ3v) is 5.65. The number of carbonyl (C=O) groups is 1. The first-order valence-corrected chi connectivity index (χ1v) is 10.0. The van der Waals surface area contributed by atoms with Gasteiger partial charge in [-0.2, -0.15) is 0 Å². The molecule has 0 atom stereocenters. The summed E-state index contributed by atoms with van der Waals surface area (Å²) in [6, 6.07) is 3.60. The second kappa shape index (κ2) is 6.89. The molecule has 1 N–H and O–H groups in total. The first-order chi connectivity index (χ1) is 14.0. The quantitative estimate of drug-likeness (QED) is 0.549. The van der Waals surface area contributed by atoms with Crippen molar-refractivity contribution in [1.29, 1.82) is 0 Å². The number of nitrogens with zero attached hydrogens (tertiary/aromatic N) is 7. The lowest BCUT2D eigenvalue weighted by molar-refractivity contribution is 0.195. The van der Waals surface area contributed by atoms with Crippen molar-refractivity contribution >= 4 is 34.0 Å². The summed E-state index contributed by atoms with van der Waals surface area (Å²) in [5.74, 6) is 1.40. The highest BCUT2D eigenvalue weighted by Crippen LogP contribution is 2.25. The van der Waals surface area contributed by atoms with Gasteiger partial charge in [0.2, 0.25) is 0 Å². The largest absolute Gasteiger partial charge is 0.331 e. The number of hydrogen-bond acceptors (Lipinski definition) is 7. The van der Waals surface area contributed by atoms with Crippen LogP contribution in [0.2, 0.25) is 0 Å². The molecule has 0 aromatic carbocycles. The van der Waals surface area contributed by atoms with Crippen LogP contribution in [0.15, 0.2) is 30.7 Å². The van der Waals surface area contributed by atoms with Crippen LogP contribution >= 0.6 is 11.3 Å². The fourth-order valence-corrected chi connectivity index (χ4v) is 4.04. The number of fused-ring (bicyclic) bond motifs is 2. The maximum Gasteiger partial charge on any atom is 0.323 e. The van der Waals surface area contributed by atoms with Crippen LogP contribution in [0.3, 0.4) is 0 Å². The second-order valence-electron chi connectivity index (χ2n) is 6.96. The highest BCUT2D eigenvalue weighted by Gasteiger charge is 2.22. The molecule has 0 bridgehead atoms. The van der Waals surface area contributed by atoms with Gasteiger partial charge >= 0.3 is 6.03 Å². The molecular formula is C19H18N8OS. The lowest BCUT2D eigenvalue weighted by Gasteiger charge is -2.27. The molecule has 0 radical (unpaired) electrons. The molecule has 0 saturated carbocycles. The highest BCUT2D eigenvalue weighted by molar-refractivity contribution is 7.14. The molecule has 1 aliphatic heterocycles. The van der Waals surface area contributed by atoms with E-state index in [2.05, 4.69) is 35.0 Å². The number of rotatable bonds is 2. The number of aromatic nitrogens is 6. The zero-order valence-corrected chi connectivity index (χ0v) is 16.8. The topological polar surface area (TPSA) is 102 Å². The Morgan fingerprint density at radius 2 is 1.97 bits per heavy atom. The van der Waals surface area contributed by atoms with Crippen LogP contribution in [0.1, 0.15) is 16.5 Å². The van der Waals surface area contributed by atoms with Crippen molar-refractivity contribution in [1.82, 2.24) is 34.6 Å². The Kier molecular flexibility index (Phi) is 4.20. The van der Waals surface area contributed by atoms with Gasteiger partial charge in [0.15, 0.2) is 5.01 Å². The molecule has 4 aromatic rings. The maximum atomic E-state index is 12.7. The molecule has 4 aromatic heterocycles. The van der Waals surface area contributed by atoms with Crippen molar-refractivity contribution in [2.75, 3.05) is 11.9 Å². The van der Waals surface area contributed by atoms with Crippen LogP contribution in [0, 0.1) is 13.8 Å². The van der Waals surface area contributed by atoms with E-state index in [9.17, 15) is 4.79 Å². The van der Waals surface area contributed by atoms with Gasteiger partial charge in [-0.3, -0.25) is 10.3 Å². The molecule has 0 saturated heterocycles. The summed E-state index contributed by atoms with van der Waals surface area (Å²) in [6.45, 7) is 5.73. The van der Waals surface area contributed by atoms with Gasteiger partial charge in [-0.15, -0.1) is 10.2 Å². The van der Waals surface area contributed by atoms with E-state index in [1.54, 1.807) is 17.3 Å². The van der Waals surface area contributed by atoms with E-state index in [1.807, 2.05) is 32.2 Å². The minimum Gasteiger partial charge on any atom is -0.331 e. The predicted octanol–water partition coefficient (Wildman–Crippen LogP) is 3.01. The fourth-order valence-electron chi connectivity index (χ4n) is 3.38. The Bertz CT molecular complexity index is 1230. The Morgan fingerprint density at radius 3 is 2.79 bits per heavy atom. The maximum absolute atomic E-state index is 12.7. The summed E-state index contributed by atoms with van der Waals surface area (Å²) >= 11 is 1.49. The van der Waals surface area contributed by atoms with Gasteiger partial charge in [-0.1, -0.05) is 11.3 Å². The van der Waals surface area contributed by atoms with Crippen molar-refractivity contribution in [2.24, 2.45) is 0 Å². The Labute approximate surface area is 170 Å². The van der Waals surface area contributed by atoms with E-state index in [1.165, 1.54) is 11.3 Å². The Morgan fingerprint density at radius 1 is 1.10 bits per heavy atom. The van der Waals surface area contributed by atoms with E-state index < -0.39 is 0 Å². The monoisotopic (exact) mass is 406 g/mol. The molecular weight excluding hydrogens is 388 g/mol. The molecule has 0 fully saturated rings. The van der Waals surface area contributed by atoms with Crippen LogP contribution < -0.4 is 5.32 Å². The van der Waals surface area contributed by atoms with Gasteiger partial charge in [-0.25, -0.2) is 14.8 Å². The van der Waals surface area contributed by atoms with Crippen molar-refractivity contribution in [2.45, 2.75) is 26.9 Å². The first-order valence-electron chi connectivity index (χ1n) is 9.20. The Balaban J connectivity index is 1.36. The lowest BCUT2D eigenvalue weighted by Crippen LogP contribution is -2.40. The van der Waals surface area contributed by atoms with Crippen LogP contribution in [0.5, 0.6) is 0 Å². The fraction of sp³-hybridized carbons (Fsp3) is 0.263. The van der Waals surface area contributed by atoms with Crippen LogP contribution in [0.25, 0.3) is 21.5 Å². The third kappa shape index (κ3) is 3.42. The molecule has 146 valence electrons. The number of carbonyl (C=O) groups excluding carboxylic acids is 1. The predicted molar refractivity (Wildman–Crippen MR) is 110 cm³/mol. The number of nitrogens with one attached hydrogen (secondary N) is 1. The second-order valence-corrected chi connectivity index (χ2v) is 8.14. The summed E-state index contributed by atoms with van der Waals surface area (Å²) in [4.78, 5) is 27.7. The van der Waals surface area contributed by atoms with E-state index in [-0.39, 0.29) is 6.03 Å². The average molecular weight is 406 g/mol. The molecule has 5 rings (SSSR count). The molecule has 5 heterocycles. The number of pyridine rings is 2. The molecule has 9 nitrogen and oxygen atoms in total. The summed E-state index contributed by atoms with van der Waals surface area (Å²) in [6.07, 6.45) is 5.48. The summed E-state index contributed by atoms with van der Waals surface area (Å²) in [5, 5.41) is 14.6. The highest BCUT2D eigenvalue weighted by atomic mass is 32.1. The molecule has 0 unspecified atom stereocenters. The van der Waals surface area contributed by atoms with Gasteiger partial charge in [0.05, 0.1) is 12.2 Å². The number of amides is 2. The molecule has 10 heteroatoms. The summed E-state index contributed by atoms with van der Waals surface area (Å²) in [5.41, 5.74) is 1.72. The molecule has 0 aliphatic carbocycles. The van der Waals surface area contributed by atoms with Crippen LogP contribution in [0.4, 0.5) is 10.6 Å². The van der Waals surface area contributed by atoms with Crippen molar-refractivity contribution in [3.63, 3.8) is 0 Å². The van der Waals surface area contributed by atoms with Gasteiger partial charge in [0.25, 0.3) is 0 Å². The SMILES string of the molecule is Cc1cn2c(n1)CN(C(=O)Nc1cc3cc(-c4nnc(C)s4)ncc3cn1)CC2. The van der Waals surface area contributed by atoms with Crippen molar-refractivity contribution < 1.29 is 4.79 Å². The molecule has 2 amide bonds. The Hall–Kier alpha value is -3.40. The molecule has 1 aliphatic rings. The number of anilines is 1. The zero-order valence-electron chi connectivity index (χ0n) is 16.0. The van der Waals surface area contributed by atoms with Gasteiger partial charge in [0.1, 0.15) is 22.3 Å². The minimum atomic E-state index is -0.183. The number of imidazole rings is 1. The smallest absolute Gasteiger partial charge is 0.323 e. The standard InChI is InChI=1S/C19H18N8OS/c1-11-9-26-3-4-27(10-17(26)22-11)19(28)23-16-6-13-5-15(18-25-24-12(2)29-18)20-7-14(13)8-21-16/h5-9H,3-4,10H2,1-2H3,(H,21,23,28). The van der Waals surface area contributed by atoms with E-state index in [0.717, 1.165) is 44.5 Å². The normalized spacial score (nSPS) is 13.5. The number of urea groups is 1. The van der Waals surface area contributed by atoms with E-state index in [0.29, 0.717) is 18.9 Å². The van der Waals surface area contributed by atoms with Gasteiger partial charge in [-0.05, 0) is 31.4 Å². The van der Waals surface area contributed by atoms with Gasteiger partial charge < -0.3 is 9.47 Å². The first kappa shape index (κ1) is 17.7. The van der Waals surface area contributed by atoms with Gasteiger partial charge in [0, 0.05) is 37.1 Å². The van der Waals surface area contributed by atoms with Crippen molar-refractivity contribution in [3.05, 3.63) is 47.2 Å². The molecule has 29 heavy (non-hydrogen) atoms. The van der Waals surface area contributed by atoms with E-state index >= 15 is 0 Å². The van der Waals surface area contributed by atoms with Crippen LogP contribution in [-0.2, 0) is 13.1 Å². The summed E-state index contributed by atoms with van der Waals surface area (Å²) < 4.78 is 2.09. The van der Waals surface area contributed by atoms with E-state index in [4.69, 9.17) is 0 Å². The van der Waals surface area contributed by atoms with Crippen molar-refractivity contribution in [3.8, 4) is 10.7 Å². The molecule has 0 spiro atoms. The number of aryl methyl sites for hydroxylation is 2. The zero-order chi connectivity index (χ0) is 20.0. The minimum absolute atomic E-state index is 0.183. The van der Waals surface area contributed by atoms with Crippen LogP contribution in [-0.4, -0.2) is 47.2 Å². The number of hydrogen-bond donors (Lipinski definition) is 1. The third-order valence-electron chi connectivity index (χ3n) is 4.79. The average Bonchev–Trinajstić information content (AvgIpc) is 3.31. The lowest BCUT2D eigenvalue weighted by atomic mass is 10.2.